The number of imidazole rings is 1. The lowest BCUT2D eigenvalue weighted by Gasteiger charge is -2.30. The summed E-state index contributed by atoms with van der Waals surface area (Å²) in [6.45, 7) is 0.140. The number of nitrogen functional groups attached to an aromatic ring is 1. The standard InChI is InChI=1S/C27H44N7O20P3S/c1-27(2,22(41)25(42)30-6-5-16(36)29-7-8-58-18(39)9-14(35)3-4-17(37)38)11-51-57(48,49)54-56(46,47)50-10-15-21(53-55(43,44)45)20(40)26(52-15)34-13-33-19-23(28)31-12-32-24(19)34/h12-15,20-22,26,35,40-41H,3-11H2,1-2H3,(H,29,36)(H,30,42)(H,37,38)(H,46,47)(H,48,49)(H2,28,31,32)(H2,43,44,45)/t14-,15+,20+,21+,22?,26+/m0/s1. The number of phosphoric ester groups is 3. The molecule has 8 atom stereocenters. The molecule has 3 rings (SSSR count). The molecule has 1 saturated heterocycles. The van der Waals surface area contributed by atoms with Gasteiger partial charge in [0.2, 0.25) is 11.8 Å². The number of carbonyl (C=O) groups is 4. The number of nitrogens with two attached hydrogens (primary N) is 1. The third-order valence-electron chi connectivity index (χ3n) is 7.86. The van der Waals surface area contributed by atoms with Crippen LogP contribution in [-0.2, 0) is 55.5 Å². The van der Waals surface area contributed by atoms with Crippen molar-refractivity contribution in [3.8, 4) is 0 Å². The number of aliphatic carboxylic acids is 1. The molecule has 0 aliphatic carbocycles. The predicted molar refractivity (Wildman–Crippen MR) is 195 cm³/mol. The Morgan fingerprint density at radius 3 is 2.34 bits per heavy atom. The van der Waals surface area contributed by atoms with E-state index in [9.17, 15) is 67.8 Å². The number of carbonyl (C=O) groups excluding carboxylic acids is 3. The quantitative estimate of drug-likeness (QED) is 0.0412. The maximum Gasteiger partial charge on any atom is 0.481 e. The van der Waals surface area contributed by atoms with Crippen molar-refractivity contribution < 1.29 is 95.5 Å². The first-order valence-corrected chi connectivity index (χ1v) is 22.3. The highest BCUT2D eigenvalue weighted by Gasteiger charge is 2.50. The summed E-state index contributed by atoms with van der Waals surface area (Å²) in [5.41, 5.74) is 4.18. The highest BCUT2D eigenvalue weighted by atomic mass is 32.2. The van der Waals surface area contributed by atoms with E-state index in [2.05, 4.69) is 34.4 Å². The molecule has 3 heterocycles. The maximum absolute atomic E-state index is 12.7. The normalized spacial score (nSPS) is 21.8. The Labute approximate surface area is 332 Å². The van der Waals surface area contributed by atoms with E-state index < -0.39 is 102 Å². The van der Waals surface area contributed by atoms with Crippen LogP contribution in [0.15, 0.2) is 12.7 Å². The first kappa shape index (κ1) is 49.4. The first-order chi connectivity index (χ1) is 26.8. The molecule has 12 N–H and O–H groups in total. The summed E-state index contributed by atoms with van der Waals surface area (Å²) in [5.74, 6) is -2.57. The number of amides is 2. The van der Waals surface area contributed by atoms with Gasteiger partial charge >= 0.3 is 29.4 Å². The van der Waals surface area contributed by atoms with Crippen molar-refractivity contribution in [3.63, 3.8) is 0 Å². The SMILES string of the molecule is CC(C)(COP(=O)(O)OP(=O)(O)OC[C@H]1O[C@@H](n2cnc3c(N)ncnc32)[C@H](O)[C@@H]1OP(=O)(O)O)C(O)C(=O)NCCC(=O)NCCSC(=O)C[C@@H](O)CCC(=O)O. The molecule has 0 aromatic carbocycles. The minimum atomic E-state index is -5.60. The lowest BCUT2D eigenvalue weighted by molar-refractivity contribution is -0.138. The van der Waals surface area contributed by atoms with E-state index in [0.717, 1.165) is 29.0 Å². The number of nitrogens with one attached hydrogen (secondary N) is 2. The lowest BCUT2D eigenvalue weighted by Crippen LogP contribution is -2.46. The van der Waals surface area contributed by atoms with E-state index in [1.54, 1.807) is 0 Å². The fourth-order valence-electron chi connectivity index (χ4n) is 4.94. The number of phosphoric acid groups is 3. The van der Waals surface area contributed by atoms with Gasteiger partial charge in [-0.2, -0.15) is 4.31 Å². The molecule has 0 spiro atoms. The van der Waals surface area contributed by atoms with E-state index in [4.69, 9.17) is 24.6 Å². The van der Waals surface area contributed by atoms with Gasteiger partial charge in [-0.1, -0.05) is 25.6 Å². The molecular weight excluding hydrogens is 867 g/mol. The van der Waals surface area contributed by atoms with E-state index in [0.29, 0.717) is 0 Å². The van der Waals surface area contributed by atoms with Gasteiger partial charge in [0.05, 0.1) is 25.6 Å². The van der Waals surface area contributed by atoms with Gasteiger partial charge in [0.1, 0.15) is 36.3 Å². The number of anilines is 1. The van der Waals surface area contributed by atoms with E-state index in [-0.39, 0.29) is 61.5 Å². The van der Waals surface area contributed by atoms with Gasteiger partial charge in [-0.3, -0.25) is 37.3 Å². The zero-order chi connectivity index (χ0) is 43.6. The highest BCUT2D eigenvalue weighted by Crippen LogP contribution is 2.61. The third kappa shape index (κ3) is 15.5. The van der Waals surface area contributed by atoms with Gasteiger partial charge in [0, 0.05) is 43.5 Å². The van der Waals surface area contributed by atoms with Gasteiger partial charge in [-0.05, 0) is 6.42 Å². The van der Waals surface area contributed by atoms with Crippen molar-refractivity contribution >= 4 is 75.1 Å². The second-order valence-electron chi connectivity index (χ2n) is 13.1. The van der Waals surface area contributed by atoms with Crippen LogP contribution in [0.4, 0.5) is 5.82 Å². The van der Waals surface area contributed by atoms with E-state index in [1.165, 1.54) is 13.8 Å². The number of aliphatic hydroxyl groups excluding tert-OH is 3. The van der Waals surface area contributed by atoms with Crippen molar-refractivity contribution in [1.29, 1.82) is 0 Å². The molecule has 31 heteroatoms. The molecule has 1 fully saturated rings. The minimum absolute atomic E-state index is 0.0160. The molecule has 2 amide bonds. The second-order valence-corrected chi connectivity index (χ2v) is 18.5. The number of rotatable bonds is 24. The lowest BCUT2D eigenvalue weighted by atomic mass is 9.87. The third-order valence-corrected chi connectivity index (χ3v) is 11.9. The number of aromatic nitrogens is 4. The van der Waals surface area contributed by atoms with Crippen LogP contribution in [0.5, 0.6) is 0 Å². The van der Waals surface area contributed by atoms with Gasteiger partial charge in [-0.25, -0.2) is 28.6 Å². The van der Waals surface area contributed by atoms with Gasteiger partial charge < -0.3 is 61.1 Å². The largest absolute Gasteiger partial charge is 0.481 e. The first-order valence-electron chi connectivity index (χ1n) is 16.8. The Morgan fingerprint density at radius 2 is 1.69 bits per heavy atom. The molecule has 1 aliphatic rings. The smallest absolute Gasteiger partial charge is 0.481 e. The molecule has 328 valence electrons. The molecule has 27 nitrogen and oxygen atoms in total. The van der Waals surface area contributed by atoms with Crippen LogP contribution in [-0.4, -0.2) is 145 Å². The number of hydrogen-bond acceptors (Lipinski definition) is 20. The number of fused-ring (bicyclic) bond motifs is 1. The average Bonchev–Trinajstić information content (AvgIpc) is 3.67. The van der Waals surface area contributed by atoms with Crippen molar-refractivity contribution in [3.05, 3.63) is 12.7 Å². The average molecular weight is 912 g/mol. The highest BCUT2D eigenvalue weighted by molar-refractivity contribution is 8.13. The second kappa shape index (κ2) is 21.0. The zero-order valence-electron chi connectivity index (χ0n) is 30.6. The molecule has 0 radical (unpaired) electrons. The zero-order valence-corrected chi connectivity index (χ0v) is 34.1. The van der Waals surface area contributed by atoms with Crippen molar-refractivity contribution in [2.75, 3.05) is 37.8 Å². The number of ether oxygens (including phenoxy) is 1. The fourth-order valence-corrected chi connectivity index (χ4v) is 8.51. The number of thioether (sulfide) groups is 1. The summed E-state index contributed by atoms with van der Waals surface area (Å²) in [6.07, 6.45) is -8.88. The van der Waals surface area contributed by atoms with Gasteiger partial charge in [-0.15, -0.1) is 0 Å². The Balaban J connectivity index is 1.45. The van der Waals surface area contributed by atoms with Crippen LogP contribution in [0.3, 0.4) is 0 Å². The Morgan fingerprint density at radius 1 is 1.02 bits per heavy atom. The summed E-state index contributed by atoms with van der Waals surface area (Å²) >= 11 is 0.825. The van der Waals surface area contributed by atoms with Crippen molar-refractivity contribution in [1.82, 2.24) is 30.2 Å². The van der Waals surface area contributed by atoms with E-state index in [1.807, 2.05) is 0 Å². The van der Waals surface area contributed by atoms with Gasteiger partial charge in [0.15, 0.2) is 22.8 Å². The number of aliphatic hydroxyl groups is 3. The molecular formula is C27H44N7O20P3S. The topological polar surface area (TPSA) is 421 Å². The summed E-state index contributed by atoms with van der Waals surface area (Å²) in [4.78, 5) is 97.9. The van der Waals surface area contributed by atoms with Crippen LogP contribution in [0, 0.1) is 5.41 Å². The van der Waals surface area contributed by atoms with E-state index >= 15 is 0 Å². The number of hydrogen-bond donors (Lipinski definition) is 11. The Hall–Kier alpha value is -3.01. The molecule has 0 saturated carbocycles. The molecule has 2 aromatic heterocycles. The van der Waals surface area contributed by atoms with Crippen LogP contribution < -0.4 is 16.4 Å². The van der Waals surface area contributed by atoms with Crippen LogP contribution in [0.25, 0.3) is 11.2 Å². The summed E-state index contributed by atoms with van der Waals surface area (Å²) in [6, 6.07) is 0. The maximum atomic E-state index is 12.7. The molecule has 2 aromatic rings. The Kier molecular flexibility index (Phi) is 17.9. The van der Waals surface area contributed by atoms with Gasteiger partial charge in [0.25, 0.3) is 0 Å². The number of carboxylic acids is 1. The molecule has 0 bridgehead atoms. The minimum Gasteiger partial charge on any atom is -0.481 e. The fraction of sp³-hybridized carbons (Fsp3) is 0.667. The summed E-state index contributed by atoms with van der Waals surface area (Å²) in [7, 11) is -16.5. The predicted octanol–water partition coefficient (Wildman–Crippen LogP) is -1.72. The number of carboxylic acid groups (broad SMARTS) is 1. The monoisotopic (exact) mass is 911 g/mol. The summed E-state index contributed by atoms with van der Waals surface area (Å²) < 4.78 is 62.0. The molecule has 1 aliphatic heterocycles. The van der Waals surface area contributed by atoms with Crippen LogP contribution >= 0.6 is 35.2 Å². The molecule has 58 heavy (non-hydrogen) atoms. The van der Waals surface area contributed by atoms with Crippen molar-refractivity contribution in [2.45, 2.75) is 76.3 Å². The van der Waals surface area contributed by atoms with Crippen LogP contribution in [0.2, 0.25) is 0 Å². The number of nitrogens with zero attached hydrogens (tertiary/aromatic N) is 4. The van der Waals surface area contributed by atoms with Crippen LogP contribution in [0.1, 0.15) is 45.8 Å². The summed E-state index contributed by atoms with van der Waals surface area (Å²) in [5, 5.41) is 44.1. The Bertz CT molecular complexity index is 1920. The van der Waals surface area contributed by atoms with Crippen molar-refractivity contribution in [2.24, 2.45) is 5.41 Å². The molecule has 3 unspecified atom stereocenters.